The molecule has 0 aromatic heterocycles. The van der Waals surface area contributed by atoms with Crippen molar-refractivity contribution < 1.29 is 14.3 Å². The molecule has 4 heterocycles. The fourth-order valence-corrected chi connectivity index (χ4v) is 7.13. The van der Waals surface area contributed by atoms with Crippen LogP contribution in [0.5, 0.6) is 11.5 Å². The van der Waals surface area contributed by atoms with Crippen molar-refractivity contribution in [3.63, 3.8) is 0 Å². The van der Waals surface area contributed by atoms with Crippen LogP contribution in [0.25, 0.3) is 0 Å². The third kappa shape index (κ3) is 4.36. The van der Waals surface area contributed by atoms with Crippen molar-refractivity contribution in [3.8, 4) is 11.5 Å². The molecule has 188 valence electrons. The Bertz CT molecular complexity index is 1200. The minimum atomic E-state index is -0.183. The first kappa shape index (κ1) is 23.4. The van der Waals surface area contributed by atoms with E-state index in [1.54, 1.807) is 11.8 Å². The zero-order valence-corrected chi connectivity index (χ0v) is 21.1. The van der Waals surface area contributed by atoms with Crippen LogP contribution in [0.3, 0.4) is 0 Å². The van der Waals surface area contributed by atoms with E-state index in [1.807, 2.05) is 60.4 Å². The van der Waals surface area contributed by atoms with Crippen LogP contribution in [0, 0.1) is 12.8 Å². The first-order chi connectivity index (χ1) is 17.6. The number of benzene rings is 2. The number of carbonyl (C=O) groups is 2. The fraction of sp³-hybridized carbons (Fsp3) is 0.407. The normalized spacial score (nSPS) is 27.0. The van der Waals surface area contributed by atoms with Gasteiger partial charge in [0.1, 0.15) is 11.5 Å². The SMILES string of the molecule is Cc1cc(Oc2ccccc2)ccc1N1C(=O)NC2=C(C(=O)NC[C@H]3CCCN3)SC3NCCC1C23. The molecule has 0 radical (unpaired) electrons. The van der Waals surface area contributed by atoms with Crippen LogP contribution < -0.4 is 30.9 Å². The molecule has 2 aromatic carbocycles. The predicted molar refractivity (Wildman–Crippen MR) is 141 cm³/mol. The third-order valence-corrected chi connectivity index (χ3v) is 8.78. The zero-order valence-electron chi connectivity index (χ0n) is 20.3. The fourth-order valence-electron chi connectivity index (χ4n) is 5.72. The van der Waals surface area contributed by atoms with Gasteiger partial charge in [0, 0.05) is 29.9 Å². The summed E-state index contributed by atoms with van der Waals surface area (Å²) in [7, 11) is 0. The number of para-hydroxylation sites is 1. The second-order valence-corrected chi connectivity index (χ2v) is 10.9. The van der Waals surface area contributed by atoms with Gasteiger partial charge < -0.3 is 26.0 Å². The van der Waals surface area contributed by atoms with E-state index in [9.17, 15) is 9.59 Å². The van der Waals surface area contributed by atoms with Crippen LogP contribution in [0.4, 0.5) is 10.5 Å². The molecule has 3 fully saturated rings. The first-order valence-electron chi connectivity index (χ1n) is 12.7. The molecule has 8 nitrogen and oxygen atoms in total. The van der Waals surface area contributed by atoms with Gasteiger partial charge in [-0.3, -0.25) is 9.69 Å². The number of nitrogens with one attached hydrogen (secondary N) is 4. The molecule has 0 bridgehead atoms. The molecule has 9 heteroatoms. The van der Waals surface area contributed by atoms with Gasteiger partial charge in [0.05, 0.1) is 16.3 Å². The summed E-state index contributed by atoms with van der Waals surface area (Å²) in [4.78, 5) is 29.1. The molecule has 4 N–H and O–H groups in total. The molecule has 6 rings (SSSR count). The third-order valence-electron chi connectivity index (χ3n) is 7.43. The zero-order chi connectivity index (χ0) is 24.6. The maximum atomic E-state index is 13.5. The molecule has 0 saturated carbocycles. The van der Waals surface area contributed by atoms with Gasteiger partial charge in [0.25, 0.3) is 5.91 Å². The Balaban J connectivity index is 1.23. The number of ether oxygens (including phenoxy) is 1. The Hall–Kier alpha value is -3.01. The number of hydrogen-bond acceptors (Lipinski definition) is 6. The quantitative estimate of drug-likeness (QED) is 0.481. The molecule has 36 heavy (non-hydrogen) atoms. The molecule has 4 aliphatic heterocycles. The summed E-state index contributed by atoms with van der Waals surface area (Å²) in [5, 5.41) is 13.2. The van der Waals surface area contributed by atoms with Crippen LogP contribution in [0.15, 0.2) is 59.1 Å². The van der Waals surface area contributed by atoms with Crippen molar-refractivity contribution in [1.82, 2.24) is 21.3 Å². The summed E-state index contributed by atoms with van der Waals surface area (Å²) in [6, 6.07) is 15.6. The lowest BCUT2D eigenvalue weighted by Crippen LogP contribution is -2.62. The summed E-state index contributed by atoms with van der Waals surface area (Å²) < 4.78 is 5.99. The minimum absolute atomic E-state index is 0.0195. The highest BCUT2D eigenvalue weighted by molar-refractivity contribution is 8.04. The van der Waals surface area contributed by atoms with Gasteiger partial charge in [-0.05, 0) is 75.2 Å². The molecule has 0 aliphatic carbocycles. The van der Waals surface area contributed by atoms with Gasteiger partial charge in [-0.25, -0.2) is 4.79 Å². The second-order valence-electron chi connectivity index (χ2n) is 9.78. The van der Waals surface area contributed by atoms with E-state index in [1.165, 1.54) is 0 Å². The molecule has 2 aromatic rings. The first-order valence-corrected chi connectivity index (χ1v) is 13.6. The van der Waals surface area contributed by atoms with Crippen molar-refractivity contribution in [3.05, 3.63) is 64.7 Å². The Morgan fingerprint density at radius 3 is 2.75 bits per heavy atom. The molecule has 0 spiro atoms. The minimum Gasteiger partial charge on any atom is -0.457 e. The highest BCUT2D eigenvalue weighted by atomic mass is 32.2. The number of aryl methyl sites for hydroxylation is 1. The van der Waals surface area contributed by atoms with Crippen molar-refractivity contribution in [2.75, 3.05) is 24.5 Å². The van der Waals surface area contributed by atoms with E-state index in [0.29, 0.717) is 17.5 Å². The number of thioether (sulfide) groups is 1. The van der Waals surface area contributed by atoms with Gasteiger partial charge in [-0.2, -0.15) is 0 Å². The standard InChI is InChI=1S/C27H31N5O3S/c1-16-14-19(35-18-7-3-2-4-8-18)9-10-20(16)32-21-11-13-29-26-22(21)23(31-27(32)34)24(36-26)25(33)30-15-17-6-5-12-28-17/h2-4,7-10,14,17,21-22,26,28-29H,5-6,11-13,15H2,1H3,(H,30,33)(H,31,34)/t17-,21?,22?,26?/m1/s1. The van der Waals surface area contributed by atoms with Gasteiger partial charge >= 0.3 is 6.03 Å². The summed E-state index contributed by atoms with van der Waals surface area (Å²) in [6.45, 7) is 4.41. The molecule has 3 unspecified atom stereocenters. The average molecular weight is 506 g/mol. The lowest BCUT2D eigenvalue weighted by Gasteiger charge is -2.46. The van der Waals surface area contributed by atoms with Crippen molar-refractivity contribution in [1.29, 1.82) is 0 Å². The Labute approximate surface area is 215 Å². The van der Waals surface area contributed by atoms with Crippen LogP contribution in [0.1, 0.15) is 24.8 Å². The highest BCUT2D eigenvalue weighted by Gasteiger charge is 2.51. The number of carbonyl (C=O) groups excluding carboxylic acids is 2. The van der Waals surface area contributed by atoms with E-state index >= 15 is 0 Å². The van der Waals surface area contributed by atoms with Crippen molar-refractivity contribution >= 4 is 29.4 Å². The van der Waals surface area contributed by atoms with Crippen molar-refractivity contribution in [2.24, 2.45) is 5.92 Å². The van der Waals surface area contributed by atoms with E-state index in [4.69, 9.17) is 4.74 Å². The maximum Gasteiger partial charge on any atom is 0.326 e. The largest absolute Gasteiger partial charge is 0.457 e. The topological polar surface area (TPSA) is 94.7 Å². The summed E-state index contributed by atoms with van der Waals surface area (Å²) in [5.41, 5.74) is 2.60. The van der Waals surface area contributed by atoms with Crippen LogP contribution in [0.2, 0.25) is 0 Å². The van der Waals surface area contributed by atoms with Gasteiger partial charge in [0.15, 0.2) is 0 Å². The number of rotatable bonds is 6. The van der Waals surface area contributed by atoms with Gasteiger partial charge in [0.2, 0.25) is 0 Å². The number of amides is 3. The van der Waals surface area contributed by atoms with E-state index in [0.717, 1.165) is 60.8 Å². The molecular formula is C27H31N5O3S. The van der Waals surface area contributed by atoms with Gasteiger partial charge in [-0.1, -0.05) is 30.0 Å². The number of piperidine rings is 1. The molecular weight excluding hydrogens is 474 g/mol. The van der Waals surface area contributed by atoms with E-state index in [2.05, 4.69) is 21.3 Å². The number of nitrogens with zero attached hydrogens (tertiary/aromatic N) is 1. The number of anilines is 1. The monoisotopic (exact) mass is 505 g/mol. The molecule has 4 aliphatic rings. The summed E-state index contributed by atoms with van der Waals surface area (Å²) in [5.74, 6) is 1.45. The molecule has 3 amide bonds. The predicted octanol–water partition coefficient (Wildman–Crippen LogP) is 3.45. The number of hydrogen-bond donors (Lipinski definition) is 4. The average Bonchev–Trinajstić information content (AvgIpc) is 3.53. The summed E-state index contributed by atoms with van der Waals surface area (Å²) >= 11 is 1.54. The highest BCUT2D eigenvalue weighted by Crippen LogP contribution is 2.48. The Morgan fingerprint density at radius 1 is 1.11 bits per heavy atom. The maximum absolute atomic E-state index is 13.5. The molecule has 4 atom stereocenters. The molecule has 3 saturated heterocycles. The van der Waals surface area contributed by atoms with E-state index in [-0.39, 0.29) is 29.3 Å². The van der Waals surface area contributed by atoms with Crippen LogP contribution in [-0.4, -0.2) is 49.0 Å². The lowest BCUT2D eigenvalue weighted by atomic mass is 9.86. The summed E-state index contributed by atoms with van der Waals surface area (Å²) in [6.07, 6.45) is 3.04. The lowest BCUT2D eigenvalue weighted by molar-refractivity contribution is -0.116. The second kappa shape index (κ2) is 9.80. The Kier molecular flexibility index (Phi) is 6.37. The van der Waals surface area contributed by atoms with Gasteiger partial charge in [-0.15, -0.1) is 0 Å². The smallest absolute Gasteiger partial charge is 0.326 e. The Morgan fingerprint density at radius 2 is 1.97 bits per heavy atom. The van der Waals surface area contributed by atoms with Crippen LogP contribution in [-0.2, 0) is 4.79 Å². The number of urea groups is 1. The van der Waals surface area contributed by atoms with Crippen LogP contribution >= 0.6 is 11.8 Å². The van der Waals surface area contributed by atoms with E-state index < -0.39 is 0 Å². The van der Waals surface area contributed by atoms with Crippen molar-refractivity contribution in [2.45, 2.75) is 43.6 Å².